The van der Waals surface area contributed by atoms with Gasteiger partial charge in [0.1, 0.15) is 23.1 Å². The summed E-state index contributed by atoms with van der Waals surface area (Å²) in [6.45, 7) is 4.18. The molecule has 1 aliphatic heterocycles. The Morgan fingerprint density at radius 3 is 2.75 bits per heavy atom. The van der Waals surface area contributed by atoms with E-state index in [9.17, 15) is 4.79 Å². The Kier molecular flexibility index (Phi) is 4.93. The van der Waals surface area contributed by atoms with Crippen LogP contribution < -0.4 is 15.0 Å². The number of nitrogens with zero attached hydrogens (tertiary/aromatic N) is 3. The molecule has 3 rings (SSSR count). The molecule has 1 aromatic heterocycles. The second kappa shape index (κ2) is 7.29. The van der Waals surface area contributed by atoms with Gasteiger partial charge in [-0.3, -0.25) is 4.79 Å². The third-order valence-corrected chi connectivity index (χ3v) is 4.12. The maximum absolute atomic E-state index is 12.5. The summed E-state index contributed by atoms with van der Waals surface area (Å²) in [6.07, 6.45) is 2.33. The Morgan fingerprint density at radius 2 is 2.00 bits per heavy atom. The molecule has 1 fully saturated rings. The van der Waals surface area contributed by atoms with Crippen molar-refractivity contribution in [2.75, 3.05) is 25.1 Å². The molecule has 0 unspecified atom stereocenters. The van der Waals surface area contributed by atoms with Crippen LogP contribution in [0.4, 0.5) is 5.82 Å². The molecule has 0 saturated carbocycles. The number of hydrogen-bond donors (Lipinski definition) is 1. The number of rotatable bonds is 5. The number of hydrogen-bond acceptors (Lipinski definition) is 5. The molecule has 2 aromatic rings. The van der Waals surface area contributed by atoms with E-state index >= 15 is 0 Å². The molecule has 126 valence electrons. The van der Waals surface area contributed by atoms with Gasteiger partial charge in [-0.2, -0.15) is 0 Å². The van der Waals surface area contributed by atoms with Gasteiger partial charge in [-0.25, -0.2) is 9.97 Å². The number of amides is 1. The number of nitrogens with one attached hydrogen (secondary N) is 1. The zero-order valence-electron chi connectivity index (χ0n) is 14.1. The molecule has 2 heterocycles. The molecule has 6 heteroatoms. The quantitative estimate of drug-likeness (QED) is 0.913. The van der Waals surface area contributed by atoms with E-state index in [2.05, 4.69) is 20.2 Å². The predicted octanol–water partition coefficient (Wildman–Crippen LogP) is 2.32. The molecule has 1 aliphatic rings. The molecule has 0 radical (unpaired) electrons. The van der Waals surface area contributed by atoms with E-state index in [1.807, 2.05) is 31.2 Å². The van der Waals surface area contributed by atoms with Crippen LogP contribution >= 0.6 is 0 Å². The van der Waals surface area contributed by atoms with Crippen LogP contribution in [-0.4, -0.2) is 36.1 Å². The summed E-state index contributed by atoms with van der Waals surface area (Å²) in [5, 5.41) is 2.91. The van der Waals surface area contributed by atoms with Gasteiger partial charge in [0.15, 0.2) is 0 Å². The first kappa shape index (κ1) is 16.2. The van der Waals surface area contributed by atoms with Gasteiger partial charge in [0.05, 0.1) is 7.11 Å². The van der Waals surface area contributed by atoms with Crippen LogP contribution in [0.5, 0.6) is 5.75 Å². The molecule has 1 saturated heterocycles. The number of ether oxygens (including phenoxy) is 1. The van der Waals surface area contributed by atoms with Gasteiger partial charge in [-0.05, 0) is 25.8 Å². The van der Waals surface area contributed by atoms with Crippen LogP contribution in [0.2, 0.25) is 0 Å². The van der Waals surface area contributed by atoms with Crippen LogP contribution in [0, 0.1) is 6.92 Å². The first-order valence-corrected chi connectivity index (χ1v) is 8.18. The number of benzene rings is 1. The third kappa shape index (κ3) is 3.64. The predicted molar refractivity (Wildman–Crippen MR) is 92.4 cm³/mol. The lowest BCUT2D eigenvalue weighted by Crippen LogP contribution is -2.26. The number of aromatic nitrogens is 2. The van der Waals surface area contributed by atoms with Crippen molar-refractivity contribution < 1.29 is 9.53 Å². The second-order valence-electron chi connectivity index (χ2n) is 5.85. The van der Waals surface area contributed by atoms with E-state index in [4.69, 9.17) is 4.74 Å². The number of carbonyl (C=O) groups excluding carboxylic acids is 1. The standard InChI is InChI=1S/C18H22N4O2/c1-13-20-15(11-17(21-13)22-9-5-6-10-22)18(23)19-12-14-7-3-4-8-16(14)24-2/h3-4,7-8,11H,5-6,9-10,12H2,1-2H3,(H,19,23). The summed E-state index contributed by atoms with van der Waals surface area (Å²) < 4.78 is 5.31. The maximum atomic E-state index is 12.5. The lowest BCUT2D eigenvalue weighted by molar-refractivity contribution is 0.0945. The van der Waals surface area contributed by atoms with E-state index in [0.717, 1.165) is 30.2 Å². The molecule has 0 aliphatic carbocycles. The van der Waals surface area contributed by atoms with Crippen LogP contribution in [0.15, 0.2) is 30.3 Å². The molecule has 1 amide bonds. The maximum Gasteiger partial charge on any atom is 0.270 e. The first-order chi connectivity index (χ1) is 11.7. The zero-order chi connectivity index (χ0) is 16.9. The minimum Gasteiger partial charge on any atom is -0.496 e. The Bertz CT molecular complexity index is 727. The molecule has 0 atom stereocenters. The Balaban J connectivity index is 1.72. The van der Waals surface area contributed by atoms with Crippen molar-refractivity contribution in [2.24, 2.45) is 0 Å². The largest absolute Gasteiger partial charge is 0.496 e. The van der Waals surface area contributed by atoms with Crippen molar-refractivity contribution in [3.8, 4) is 5.75 Å². The SMILES string of the molecule is COc1ccccc1CNC(=O)c1cc(N2CCCC2)nc(C)n1. The average molecular weight is 326 g/mol. The van der Waals surface area contributed by atoms with E-state index in [-0.39, 0.29) is 5.91 Å². The highest BCUT2D eigenvalue weighted by atomic mass is 16.5. The number of anilines is 1. The van der Waals surface area contributed by atoms with Crippen molar-refractivity contribution in [3.63, 3.8) is 0 Å². The molecular weight excluding hydrogens is 304 g/mol. The lowest BCUT2D eigenvalue weighted by atomic mass is 10.2. The molecule has 0 spiro atoms. The summed E-state index contributed by atoms with van der Waals surface area (Å²) in [6, 6.07) is 9.41. The number of para-hydroxylation sites is 1. The number of methoxy groups -OCH3 is 1. The highest BCUT2D eigenvalue weighted by Crippen LogP contribution is 2.19. The van der Waals surface area contributed by atoms with Gasteiger partial charge in [-0.15, -0.1) is 0 Å². The summed E-state index contributed by atoms with van der Waals surface area (Å²) >= 11 is 0. The Morgan fingerprint density at radius 1 is 1.25 bits per heavy atom. The van der Waals surface area contributed by atoms with Crippen molar-refractivity contribution >= 4 is 11.7 Å². The summed E-state index contributed by atoms with van der Waals surface area (Å²) in [5.41, 5.74) is 1.33. The van der Waals surface area contributed by atoms with E-state index in [1.165, 1.54) is 12.8 Å². The fraction of sp³-hybridized carbons (Fsp3) is 0.389. The van der Waals surface area contributed by atoms with Gasteiger partial charge < -0.3 is 15.0 Å². The zero-order valence-corrected chi connectivity index (χ0v) is 14.1. The van der Waals surface area contributed by atoms with Gasteiger partial charge >= 0.3 is 0 Å². The summed E-state index contributed by atoms with van der Waals surface area (Å²) in [4.78, 5) is 23.4. The van der Waals surface area contributed by atoms with Crippen molar-refractivity contribution in [1.82, 2.24) is 15.3 Å². The minimum absolute atomic E-state index is 0.202. The highest BCUT2D eigenvalue weighted by molar-refractivity contribution is 5.93. The molecular formula is C18H22N4O2. The third-order valence-electron chi connectivity index (χ3n) is 4.12. The van der Waals surface area contributed by atoms with Crippen LogP contribution in [0.1, 0.15) is 34.7 Å². The fourth-order valence-electron chi connectivity index (χ4n) is 2.89. The lowest BCUT2D eigenvalue weighted by Gasteiger charge is -2.17. The molecule has 6 nitrogen and oxygen atoms in total. The highest BCUT2D eigenvalue weighted by Gasteiger charge is 2.17. The molecule has 0 bridgehead atoms. The van der Waals surface area contributed by atoms with Gasteiger partial charge in [0, 0.05) is 31.3 Å². The summed E-state index contributed by atoms with van der Waals surface area (Å²) in [7, 11) is 1.62. The van der Waals surface area contributed by atoms with Gasteiger partial charge in [-0.1, -0.05) is 18.2 Å². The second-order valence-corrected chi connectivity index (χ2v) is 5.85. The number of aryl methyl sites for hydroxylation is 1. The topological polar surface area (TPSA) is 67.3 Å². The molecule has 24 heavy (non-hydrogen) atoms. The molecule has 1 aromatic carbocycles. The van der Waals surface area contributed by atoms with E-state index in [1.54, 1.807) is 13.2 Å². The van der Waals surface area contributed by atoms with Crippen LogP contribution in [0.3, 0.4) is 0 Å². The normalized spacial score (nSPS) is 13.8. The Labute approximate surface area is 141 Å². The smallest absolute Gasteiger partial charge is 0.270 e. The Hall–Kier alpha value is -2.63. The van der Waals surface area contributed by atoms with Gasteiger partial charge in [0.25, 0.3) is 5.91 Å². The fourth-order valence-corrected chi connectivity index (χ4v) is 2.89. The van der Waals surface area contributed by atoms with E-state index < -0.39 is 0 Å². The monoisotopic (exact) mass is 326 g/mol. The first-order valence-electron chi connectivity index (χ1n) is 8.18. The van der Waals surface area contributed by atoms with E-state index in [0.29, 0.717) is 18.1 Å². The number of carbonyl (C=O) groups is 1. The van der Waals surface area contributed by atoms with Crippen LogP contribution in [-0.2, 0) is 6.54 Å². The van der Waals surface area contributed by atoms with Crippen molar-refractivity contribution in [3.05, 3.63) is 47.4 Å². The average Bonchev–Trinajstić information content (AvgIpc) is 3.14. The van der Waals surface area contributed by atoms with Crippen molar-refractivity contribution in [2.45, 2.75) is 26.3 Å². The molecule has 1 N–H and O–H groups in total. The van der Waals surface area contributed by atoms with Crippen LogP contribution in [0.25, 0.3) is 0 Å². The van der Waals surface area contributed by atoms with Crippen molar-refractivity contribution in [1.29, 1.82) is 0 Å². The summed E-state index contributed by atoms with van der Waals surface area (Å²) in [5.74, 6) is 2.01. The minimum atomic E-state index is -0.202. The van der Waals surface area contributed by atoms with Gasteiger partial charge in [0.2, 0.25) is 0 Å².